The first-order valence-corrected chi connectivity index (χ1v) is 7.32. The van der Waals surface area contributed by atoms with E-state index in [-0.39, 0.29) is 12.0 Å². The van der Waals surface area contributed by atoms with Crippen molar-refractivity contribution in [1.82, 2.24) is 15.0 Å². The molecule has 1 saturated heterocycles. The zero-order chi connectivity index (χ0) is 15.6. The van der Waals surface area contributed by atoms with Gasteiger partial charge in [-0.3, -0.25) is 4.98 Å². The minimum atomic E-state index is -0.195. The van der Waals surface area contributed by atoms with E-state index < -0.39 is 0 Å². The average molecular weight is 300 g/mol. The molecule has 2 aromatic rings. The van der Waals surface area contributed by atoms with E-state index in [1.165, 1.54) is 0 Å². The summed E-state index contributed by atoms with van der Waals surface area (Å²) in [6.07, 6.45) is 3.48. The summed E-state index contributed by atoms with van der Waals surface area (Å²) < 4.78 is 5.22. The molecule has 0 bridgehead atoms. The second-order valence-electron chi connectivity index (χ2n) is 5.85. The summed E-state index contributed by atoms with van der Waals surface area (Å²) >= 11 is 0. The molecule has 6 nitrogen and oxygen atoms in total. The summed E-state index contributed by atoms with van der Waals surface area (Å²) in [6, 6.07) is 3.81. The SMILES string of the molecule is Cc1nc(-c2cccnc2)nc(NCC2(CO)COC2)c1C. The number of hydrogen-bond donors (Lipinski definition) is 2. The molecule has 6 heteroatoms. The standard InChI is InChI=1S/C16H20N4O2/c1-11-12(2)19-15(13-4-3-5-17-6-13)20-14(11)18-7-16(8-21)9-22-10-16/h3-6,21H,7-10H2,1-2H3,(H,18,19,20). The highest BCUT2D eigenvalue weighted by atomic mass is 16.5. The lowest BCUT2D eigenvalue weighted by Gasteiger charge is -2.40. The Morgan fingerprint density at radius 1 is 1.32 bits per heavy atom. The van der Waals surface area contributed by atoms with Crippen molar-refractivity contribution in [3.63, 3.8) is 0 Å². The highest BCUT2D eigenvalue weighted by molar-refractivity contribution is 5.58. The predicted octanol–water partition coefficient (Wildman–Crippen LogP) is 1.58. The monoisotopic (exact) mass is 300 g/mol. The maximum absolute atomic E-state index is 9.51. The molecule has 0 unspecified atom stereocenters. The molecule has 0 radical (unpaired) electrons. The van der Waals surface area contributed by atoms with Gasteiger partial charge in [0.05, 0.1) is 25.2 Å². The van der Waals surface area contributed by atoms with Gasteiger partial charge in [-0.15, -0.1) is 0 Å². The Kier molecular flexibility index (Phi) is 4.04. The fourth-order valence-corrected chi connectivity index (χ4v) is 2.34. The fraction of sp³-hybridized carbons (Fsp3) is 0.438. The molecule has 0 aromatic carbocycles. The summed E-state index contributed by atoms with van der Waals surface area (Å²) in [6.45, 7) is 5.86. The zero-order valence-corrected chi connectivity index (χ0v) is 12.8. The molecule has 22 heavy (non-hydrogen) atoms. The Morgan fingerprint density at radius 3 is 2.73 bits per heavy atom. The molecule has 1 aliphatic heterocycles. The summed E-state index contributed by atoms with van der Waals surface area (Å²) in [5.74, 6) is 1.45. The van der Waals surface area contributed by atoms with Crippen molar-refractivity contribution >= 4 is 5.82 Å². The van der Waals surface area contributed by atoms with Crippen molar-refractivity contribution in [3.05, 3.63) is 35.8 Å². The van der Waals surface area contributed by atoms with Gasteiger partial charge in [0.15, 0.2) is 5.82 Å². The van der Waals surface area contributed by atoms with Gasteiger partial charge in [-0.25, -0.2) is 9.97 Å². The van der Waals surface area contributed by atoms with E-state index in [0.717, 1.165) is 22.6 Å². The number of hydrogen-bond acceptors (Lipinski definition) is 6. The van der Waals surface area contributed by atoms with E-state index in [0.29, 0.717) is 25.6 Å². The molecule has 1 aliphatic rings. The first kappa shape index (κ1) is 14.9. The van der Waals surface area contributed by atoms with Crippen LogP contribution in [0, 0.1) is 19.3 Å². The van der Waals surface area contributed by atoms with Gasteiger partial charge in [-0.2, -0.15) is 0 Å². The van der Waals surface area contributed by atoms with E-state index in [2.05, 4.69) is 20.3 Å². The lowest BCUT2D eigenvalue weighted by molar-refractivity contribution is -0.128. The van der Waals surface area contributed by atoms with E-state index in [1.807, 2.05) is 26.0 Å². The topological polar surface area (TPSA) is 80.2 Å². The molecule has 0 saturated carbocycles. The highest BCUT2D eigenvalue weighted by Gasteiger charge is 2.38. The Labute approximate surface area is 129 Å². The normalized spacial score (nSPS) is 16.1. The number of aliphatic hydroxyl groups excluding tert-OH is 1. The molecule has 3 heterocycles. The number of nitrogens with one attached hydrogen (secondary N) is 1. The van der Waals surface area contributed by atoms with Crippen LogP contribution < -0.4 is 5.32 Å². The number of anilines is 1. The number of nitrogens with zero attached hydrogens (tertiary/aromatic N) is 3. The van der Waals surface area contributed by atoms with E-state index in [4.69, 9.17) is 4.74 Å². The van der Waals surface area contributed by atoms with Gasteiger partial charge < -0.3 is 15.2 Å². The van der Waals surface area contributed by atoms with Gasteiger partial charge in [0.1, 0.15) is 5.82 Å². The Balaban J connectivity index is 1.86. The van der Waals surface area contributed by atoms with Crippen LogP contribution in [0.2, 0.25) is 0 Å². The molecule has 116 valence electrons. The van der Waals surface area contributed by atoms with Gasteiger partial charge in [-0.05, 0) is 26.0 Å². The van der Waals surface area contributed by atoms with Gasteiger partial charge in [0.25, 0.3) is 0 Å². The third kappa shape index (κ3) is 2.80. The molecular weight excluding hydrogens is 280 g/mol. The van der Waals surface area contributed by atoms with Crippen molar-refractivity contribution < 1.29 is 9.84 Å². The van der Waals surface area contributed by atoms with Crippen LogP contribution in [0.5, 0.6) is 0 Å². The first-order chi connectivity index (χ1) is 10.6. The third-order valence-electron chi connectivity index (χ3n) is 4.09. The Morgan fingerprint density at radius 2 is 2.14 bits per heavy atom. The van der Waals surface area contributed by atoms with Crippen LogP contribution in [-0.4, -0.2) is 46.4 Å². The van der Waals surface area contributed by atoms with Crippen LogP contribution in [0.1, 0.15) is 11.3 Å². The molecule has 0 atom stereocenters. The van der Waals surface area contributed by atoms with Crippen LogP contribution in [0.4, 0.5) is 5.82 Å². The highest BCUT2D eigenvalue weighted by Crippen LogP contribution is 2.28. The van der Waals surface area contributed by atoms with Crippen LogP contribution in [0.3, 0.4) is 0 Å². The van der Waals surface area contributed by atoms with Crippen molar-refractivity contribution in [1.29, 1.82) is 0 Å². The second kappa shape index (κ2) is 5.98. The summed E-state index contributed by atoms with van der Waals surface area (Å²) in [4.78, 5) is 13.3. The number of rotatable bonds is 5. The van der Waals surface area contributed by atoms with Gasteiger partial charge in [-0.1, -0.05) is 0 Å². The molecule has 2 aromatic heterocycles. The fourth-order valence-electron chi connectivity index (χ4n) is 2.34. The van der Waals surface area contributed by atoms with Gasteiger partial charge in [0, 0.05) is 35.8 Å². The van der Waals surface area contributed by atoms with E-state index >= 15 is 0 Å². The van der Waals surface area contributed by atoms with E-state index in [1.54, 1.807) is 12.4 Å². The lowest BCUT2D eigenvalue weighted by Crippen LogP contribution is -2.50. The summed E-state index contributed by atoms with van der Waals surface area (Å²) in [7, 11) is 0. The molecule has 1 fully saturated rings. The van der Waals surface area contributed by atoms with Crippen LogP contribution >= 0.6 is 0 Å². The number of ether oxygens (including phenoxy) is 1. The maximum Gasteiger partial charge on any atom is 0.163 e. The summed E-state index contributed by atoms with van der Waals surface area (Å²) in [5.41, 5.74) is 2.64. The number of aryl methyl sites for hydroxylation is 1. The van der Waals surface area contributed by atoms with Crippen LogP contribution in [-0.2, 0) is 4.74 Å². The minimum absolute atomic E-state index is 0.110. The molecule has 3 rings (SSSR count). The smallest absolute Gasteiger partial charge is 0.163 e. The minimum Gasteiger partial charge on any atom is -0.396 e. The lowest BCUT2D eigenvalue weighted by atomic mass is 9.87. The predicted molar refractivity (Wildman–Crippen MR) is 83.6 cm³/mol. The number of aromatic nitrogens is 3. The molecular formula is C16H20N4O2. The second-order valence-corrected chi connectivity index (χ2v) is 5.85. The third-order valence-corrected chi connectivity index (χ3v) is 4.09. The van der Waals surface area contributed by atoms with Crippen LogP contribution in [0.15, 0.2) is 24.5 Å². The van der Waals surface area contributed by atoms with Gasteiger partial charge in [0.2, 0.25) is 0 Å². The molecule has 0 aliphatic carbocycles. The number of aliphatic hydroxyl groups is 1. The quantitative estimate of drug-likeness (QED) is 0.872. The van der Waals surface area contributed by atoms with Crippen molar-refractivity contribution in [2.75, 3.05) is 31.7 Å². The Hall–Kier alpha value is -2.05. The molecule has 2 N–H and O–H groups in total. The average Bonchev–Trinajstić information content (AvgIpc) is 2.51. The molecule has 0 amide bonds. The van der Waals surface area contributed by atoms with Gasteiger partial charge >= 0.3 is 0 Å². The van der Waals surface area contributed by atoms with Crippen molar-refractivity contribution in [3.8, 4) is 11.4 Å². The molecule has 0 spiro atoms. The van der Waals surface area contributed by atoms with Crippen molar-refractivity contribution in [2.24, 2.45) is 5.41 Å². The Bertz CT molecular complexity index is 651. The number of pyridine rings is 1. The van der Waals surface area contributed by atoms with Crippen molar-refractivity contribution in [2.45, 2.75) is 13.8 Å². The first-order valence-electron chi connectivity index (χ1n) is 7.32. The van der Waals surface area contributed by atoms with E-state index in [9.17, 15) is 5.11 Å². The zero-order valence-electron chi connectivity index (χ0n) is 12.8. The largest absolute Gasteiger partial charge is 0.396 e. The van der Waals surface area contributed by atoms with Crippen LogP contribution in [0.25, 0.3) is 11.4 Å². The summed E-state index contributed by atoms with van der Waals surface area (Å²) in [5, 5.41) is 12.9. The maximum atomic E-state index is 9.51.